The van der Waals surface area contributed by atoms with E-state index in [1.54, 1.807) is 35.5 Å². The van der Waals surface area contributed by atoms with Gasteiger partial charge in [-0.1, -0.05) is 25.1 Å². The number of carbonyl (C=O) groups excluding carboxylic acids is 1. The molecule has 0 saturated heterocycles. The van der Waals surface area contributed by atoms with Crippen molar-refractivity contribution in [2.24, 2.45) is 0 Å². The van der Waals surface area contributed by atoms with Crippen LogP contribution in [0, 0.1) is 0 Å². The lowest BCUT2D eigenvalue weighted by atomic mass is 9.95. The molecule has 0 bridgehead atoms. The van der Waals surface area contributed by atoms with Gasteiger partial charge in [-0.25, -0.2) is 0 Å². The molecular formula is C28H28N4O4. The Labute approximate surface area is 209 Å². The molecule has 8 nitrogen and oxygen atoms in total. The highest BCUT2D eigenvalue weighted by Gasteiger charge is 2.42. The molecule has 36 heavy (non-hydrogen) atoms. The summed E-state index contributed by atoms with van der Waals surface area (Å²) in [5.41, 5.74) is 4.06. The van der Waals surface area contributed by atoms with Gasteiger partial charge in [0, 0.05) is 30.1 Å². The number of phenolic OH excluding ortho intramolecular Hbond substituents is 1. The number of pyridine rings is 1. The molecule has 0 spiro atoms. The van der Waals surface area contributed by atoms with Crippen molar-refractivity contribution in [3.63, 3.8) is 0 Å². The molecule has 1 unspecified atom stereocenters. The van der Waals surface area contributed by atoms with E-state index >= 15 is 0 Å². The normalized spacial score (nSPS) is 14.7. The number of nitrogens with one attached hydrogen (secondary N) is 1. The fraction of sp³-hybridized carbons (Fsp3) is 0.250. The zero-order chi connectivity index (χ0) is 25.1. The molecule has 5 rings (SSSR count). The first kappa shape index (κ1) is 23.4. The van der Waals surface area contributed by atoms with E-state index < -0.39 is 6.04 Å². The predicted molar refractivity (Wildman–Crippen MR) is 135 cm³/mol. The Morgan fingerprint density at radius 1 is 1.03 bits per heavy atom. The Bertz CT molecular complexity index is 1370. The van der Waals surface area contributed by atoms with E-state index in [0.717, 1.165) is 23.1 Å². The Morgan fingerprint density at radius 3 is 2.58 bits per heavy atom. The third-order valence-corrected chi connectivity index (χ3v) is 6.17. The van der Waals surface area contributed by atoms with Crippen LogP contribution in [-0.4, -0.2) is 44.3 Å². The molecule has 1 aliphatic rings. The number of fused-ring (bicyclic) bond motifs is 1. The van der Waals surface area contributed by atoms with Crippen molar-refractivity contribution in [3.8, 4) is 28.5 Å². The maximum absolute atomic E-state index is 13.7. The second-order valence-electron chi connectivity index (χ2n) is 8.56. The quantitative estimate of drug-likeness (QED) is 0.342. The van der Waals surface area contributed by atoms with Crippen LogP contribution in [0.1, 0.15) is 53.5 Å². The van der Waals surface area contributed by atoms with Crippen LogP contribution in [0.3, 0.4) is 0 Å². The minimum absolute atomic E-state index is 0.101. The number of hydrogen-bond donors (Lipinski definition) is 2. The van der Waals surface area contributed by atoms with Crippen molar-refractivity contribution in [3.05, 3.63) is 89.4 Å². The summed E-state index contributed by atoms with van der Waals surface area (Å²) in [4.78, 5) is 19.6. The van der Waals surface area contributed by atoms with Gasteiger partial charge in [0.1, 0.15) is 17.1 Å². The minimum atomic E-state index is -0.451. The van der Waals surface area contributed by atoms with E-state index in [0.29, 0.717) is 48.2 Å². The Kier molecular flexibility index (Phi) is 6.58. The molecule has 2 N–H and O–H groups in total. The number of aromatic amines is 1. The van der Waals surface area contributed by atoms with Gasteiger partial charge in [0.2, 0.25) is 0 Å². The van der Waals surface area contributed by atoms with Gasteiger partial charge in [-0.15, -0.1) is 0 Å². The SMILES string of the molecule is CCCOc1ccc(C2c3c(-c4ccccc4O)n[nH]c3C(=O)N2Cc2ccncc2)cc1OCC. The maximum Gasteiger partial charge on any atom is 0.273 e. The van der Waals surface area contributed by atoms with Crippen molar-refractivity contribution >= 4 is 5.91 Å². The van der Waals surface area contributed by atoms with E-state index in [1.165, 1.54) is 0 Å². The standard InChI is InChI=1S/C28H28N4O4/c1-3-15-36-22-10-9-19(16-23(22)35-4-2)27-24-25(20-7-5-6-8-21(20)33)30-31-26(24)28(34)32(27)17-18-11-13-29-14-12-18/h5-14,16,27,33H,3-4,15,17H2,1-2H3,(H,30,31). The lowest BCUT2D eigenvalue weighted by molar-refractivity contribution is 0.0729. The maximum atomic E-state index is 13.7. The number of benzene rings is 2. The summed E-state index contributed by atoms with van der Waals surface area (Å²) in [6.45, 7) is 5.42. The molecule has 0 radical (unpaired) electrons. The average molecular weight is 485 g/mol. The fourth-order valence-electron chi connectivity index (χ4n) is 4.56. The summed E-state index contributed by atoms with van der Waals surface area (Å²) in [6.07, 6.45) is 4.31. The first-order chi connectivity index (χ1) is 17.6. The van der Waals surface area contributed by atoms with Crippen LogP contribution < -0.4 is 9.47 Å². The molecule has 2 aromatic carbocycles. The number of rotatable bonds is 9. The number of nitrogens with zero attached hydrogens (tertiary/aromatic N) is 3. The van der Waals surface area contributed by atoms with Gasteiger partial charge in [-0.05, 0) is 60.9 Å². The van der Waals surface area contributed by atoms with Crippen LogP contribution in [0.4, 0.5) is 0 Å². The Balaban J connectivity index is 1.65. The predicted octanol–water partition coefficient (Wildman–Crippen LogP) is 5.11. The van der Waals surface area contributed by atoms with Crippen LogP contribution in [0.25, 0.3) is 11.3 Å². The average Bonchev–Trinajstić information content (AvgIpc) is 3.43. The topological polar surface area (TPSA) is 101 Å². The molecule has 3 heterocycles. The number of amides is 1. The largest absolute Gasteiger partial charge is 0.507 e. The molecule has 4 aromatic rings. The molecule has 0 saturated carbocycles. The number of aromatic hydroxyl groups is 1. The molecule has 0 fully saturated rings. The van der Waals surface area contributed by atoms with E-state index in [4.69, 9.17) is 9.47 Å². The van der Waals surface area contributed by atoms with Gasteiger partial charge in [-0.3, -0.25) is 14.9 Å². The number of hydrogen-bond acceptors (Lipinski definition) is 6. The minimum Gasteiger partial charge on any atom is -0.507 e. The van der Waals surface area contributed by atoms with Crippen molar-refractivity contribution in [1.82, 2.24) is 20.1 Å². The highest BCUT2D eigenvalue weighted by molar-refractivity contribution is 6.00. The number of H-pyrrole nitrogens is 1. The Morgan fingerprint density at radius 2 is 1.83 bits per heavy atom. The van der Waals surface area contributed by atoms with Crippen molar-refractivity contribution in [2.75, 3.05) is 13.2 Å². The third kappa shape index (κ3) is 4.26. The van der Waals surface area contributed by atoms with Crippen LogP contribution in [-0.2, 0) is 6.54 Å². The smallest absolute Gasteiger partial charge is 0.273 e. The van der Waals surface area contributed by atoms with Crippen molar-refractivity contribution in [2.45, 2.75) is 32.9 Å². The monoisotopic (exact) mass is 484 g/mol. The van der Waals surface area contributed by atoms with Gasteiger partial charge in [0.05, 0.1) is 19.3 Å². The summed E-state index contributed by atoms with van der Waals surface area (Å²) >= 11 is 0. The summed E-state index contributed by atoms with van der Waals surface area (Å²) in [5, 5.41) is 18.0. The Hall–Kier alpha value is -4.33. The lowest BCUT2D eigenvalue weighted by Gasteiger charge is -2.27. The number of para-hydroxylation sites is 1. The number of phenols is 1. The number of aromatic nitrogens is 3. The van der Waals surface area contributed by atoms with Gasteiger partial charge in [-0.2, -0.15) is 5.10 Å². The molecule has 8 heteroatoms. The third-order valence-electron chi connectivity index (χ3n) is 6.17. The summed E-state index contributed by atoms with van der Waals surface area (Å²) in [5.74, 6) is 1.23. The lowest BCUT2D eigenvalue weighted by Crippen LogP contribution is -2.29. The molecule has 1 amide bonds. The zero-order valence-electron chi connectivity index (χ0n) is 20.3. The molecule has 2 aromatic heterocycles. The first-order valence-corrected chi connectivity index (χ1v) is 12.1. The van der Waals surface area contributed by atoms with Gasteiger partial charge < -0.3 is 19.5 Å². The second kappa shape index (κ2) is 10.1. The van der Waals surface area contributed by atoms with Crippen LogP contribution >= 0.6 is 0 Å². The van der Waals surface area contributed by atoms with Gasteiger partial charge >= 0.3 is 0 Å². The van der Waals surface area contributed by atoms with Gasteiger partial charge in [0.25, 0.3) is 5.91 Å². The van der Waals surface area contributed by atoms with Crippen molar-refractivity contribution < 1.29 is 19.4 Å². The molecule has 1 aliphatic heterocycles. The van der Waals surface area contributed by atoms with Crippen LogP contribution in [0.5, 0.6) is 17.2 Å². The van der Waals surface area contributed by atoms with E-state index in [-0.39, 0.29) is 11.7 Å². The van der Waals surface area contributed by atoms with Crippen molar-refractivity contribution in [1.29, 1.82) is 0 Å². The fourth-order valence-corrected chi connectivity index (χ4v) is 4.56. The zero-order valence-corrected chi connectivity index (χ0v) is 20.3. The van der Waals surface area contributed by atoms with E-state index in [1.807, 2.05) is 43.3 Å². The van der Waals surface area contributed by atoms with E-state index in [2.05, 4.69) is 22.1 Å². The molecule has 0 aliphatic carbocycles. The first-order valence-electron chi connectivity index (χ1n) is 12.1. The number of carbonyl (C=O) groups is 1. The van der Waals surface area contributed by atoms with Crippen LogP contribution in [0.2, 0.25) is 0 Å². The number of ether oxygens (including phenoxy) is 2. The van der Waals surface area contributed by atoms with Gasteiger partial charge in [0.15, 0.2) is 11.5 Å². The molecule has 184 valence electrons. The highest BCUT2D eigenvalue weighted by atomic mass is 16.5. The second-order valence-corrected chi connectivity index (χ2v) is 8.56. The summed E-state index contributed by atoms with van der Waals surface area (Å²) in [7, 11) is 0. The summed E-state index contributed by atoms with van der Waals surface area (Å²) < 4.78 is 11.8. The molecule has 1 atom stereocenters. The van der Waals surface area contributed by atoms with E-state index in [9.17, 15) is 9.90 Å². The molecular weight excluding hydrogens is 456 g/mol. The highest BCUT2D eigenvalue weighted by Crippen LogP contribution is 2.46. The van der Waals surface area contributed by atoms with Crippen LogP contribution in [0.15, 0.2) is 67.0 Å². The summed E-state index contributed by atoms with van der Waals surface area (Å²) in [6, 6.07) is 16.1.